The summed E-state index contributed by atoms with van der Waals surface area (Å²) in [7, 11) is -2.89. The quantitative estimate of drug-likeness (QED) is 0.323. The number of hydrogen-bond donors (Lipinski definition) is 0. The highest BCUT2D eigenvalue weighted by atomic mass is 28.4. The second-order valence-electron chi connectivity index (χ2n) is 7.71. The maximum absolute atomic E-state index is 12.8. The molecule has 0 aliphatic heterocycles. The summed E-state index contributed by atoms with van der Waals surface area (Å²) < 4.78 is 12.5. The monoisotopic (exact) mass is 428 g/mol. The molecule has 4 heteroatoms. The van der Waals surface area contributed by atoms with Crippen molar-refractivity contribution in [2.45, 2.75) is 32.6 Å². The number of ether oxygens (including phenoxy) is 1. The Morgan fingerprint density at radius 3 is 1.65 bits per heavy atom. The first-order valence-corrected chi connectivity index (χ1v) is 12.9. The summed E-state index contributed by atoms with van der Waals surface area (Å²) >= 11 is 0. The van der Waals surface area contributed by atoms with Gasteiger partial charge in [-0.25, -0.2) is 4.79 Å². The van der Waals surface area contributed by atoms with Gasteiger partial charge in [0.15, 0.2) is 0 Å². The molecular formula is C27H28O3Si. The summed E-state index contributed by atoms with van der Waals surface area (Å²) in [6, 6.07) is 31.4. The van der Waals surface area contributed by atoms with Gasteiger partial charge in [-0.3, -0.25) is 0 Å². The predicted molar refractivity (Wildman–Crippen MR) is 127 cm³/mol. The number of carbonyl (C=O) groups is 1. The van der Waals surface area contributed by atoms with E-state index in [1.54, 1.807) is 0 Å². The minimum Gasteiger partial charge on any atom is -0.533 e. The molecule has 0 N–H and O–H groups in total. The lowest BCUT2D eigenvalue weighted by Crippen LogP contribution is -2.69. The molecule has 0 amide bonds. The van der Waals surface area contributed by atoms with Crippen LogP contribution in [0.4, 0.5) is 0 Å². The zero-order valence-corrected chi connectivity index (χ0v) is 18.9. The zero-order valence-electron chi connectivity index (χ0n) is 17.9. The lowest BCUT2D eigenvalue weighted by molar-refractivity contribution is -0.139. The molecule has 0 saturated heterocycles. The molecule has 3 aromatic rings. The Morgan fingerprint density at radius 1 is 0.742 bits per heavy atom. The summed E-state index contributed by atoms with van der Waals surface area (Å²) in [5.74, 6) is 0.558. The zero-order chi connectivity index (χ0) is 21.5. The number of carbonyl (C=O) groups excluding carboxylic acids is 1. The van der Waals surface area contributed by atoms with Crippen LogP contribution in [0.25, 0.3) is 0 Å². The van der Waals surface area contributed by atoms with Crippen molar-refractivity contribution < 1.29 is 14.0 Å². The van der Waals surface area contributed by atoms with Gasteiger partial charge in [0.1, 0.15) is 0 Å². The number of esters is 1. The van der Waals surface area contributed by atoms with Crippen LogP contribution >= 0.6 is 0 Å². The van der Waals surface area contributed by atoms with Gasteiger partial charge in [0.25, 0.3) is 0 Å². The lowest BCUT2D eigenvalue weighted by atomic mass is 9.98. The minimum absolute atomic E-state index is 0.241. The first-order chi connectivity index (χ1) is 15.3. The van der Waals surface area contributed by atoms with Crippen molar-refractivity contribution in [3.8, 4) is 0 Å². The topological polar surface area (TPSA) is 35.5 Å². The molecule has 0 atom stereocenters. The van der Waals surface area contributed by atoms with E-state index in [1.807, 2.05) is 25.1 Å². The standard InChI is InChI=1S/C27H28O3Si/c1-2-29-27(28)25-20-12-13-21-26(25)30-31(22-14-6-3-7-15-22,23-16-8-4-9-17-23)24-18-10-5-11-19-24/h3-11,14-19H,2,12-13,20-21H2,1H3. The SMILES string of the molecule is CCOC(=O)C1=C(O[Si](c2ccccc2)(c2ccccc2)c2ccccc2)CCCC1. The Kier molecular flexibility index (Phi) is 6.68. The summed E-state index contributed by atoms with van der Waals surface area (Å²) in [6.45, 7) is 2.22. The average molecular weight is 429 g/mol. The molecule has 4 rings (SSSR count). The van der Waals surface area contributed by atoms with Gasteiger partial charge < -0.3 is 9.16 Å². The van der Waals surface area contributed by atoms with Crippen LogP contribution < -0.4 is 15.6 Å². The maximum atomic E-state index is 12.8. The Morgan fingerprint density at radius 2 is 1.19 bits per heavy atom. The van der Waals surface area contributed by atoms with E-state index in [-0.39, 0.29) is 5.97 Å². The minimum atomic E-state index is -2.89. The van der Waals surface area contributed by atoms with Crippen LogP contribution in [-0.2, 0) is 14.0 Å². The molecule has 3 nitrogen and oxygen atoms in total. The fourth-order valence-electron chi connectivity index (χ4n) is 4.30. The highest BCUT2D eigenvalue weighted by Gasteiger charge is 2.45. The molecule has 0 radical (unpaired) electrons. The maximum Gasteiger partial charge on any atom is 0.346 e. The predicted octanol–water partition coefficient (Wildman–Crippen LogP) is 4.06. The molecule has 3 aromatic carbocycles. The van der Waals surface area contributed by atoms with Gasteiger partial charge in [0.05, 0.1) is 17.9 Å². The third-order valence-corrected chi connectivity index (χ3v) is 9.75. The van der Waals surface area contributed by atoms with Crippen molar-refractivity contribution >= 4 is 29.8 Å². The van der Waals surface area contributed by atoms with Crippen LogP contribution in [0.1, 0.15) is 32.6 Å². The van der Waals surface area contributed by atoms with E-state index >= 15 is 0 Å². The van der Waals surface area contributed by atoms with E-state index in [0.717, 1.165) is 40.6 Å². The molecule has 158 valence electrons. The smallest absolute Gasteiger partial charge is 0.346 e. The van der Waals surface area contributed by atoms with E-state index in [4.69, 9.17) is 9.16 Å². The highest BCUT2D eigenvalue weighted by molar-refractivity contribution is 7.07. The third kappa shape index (κ3) is 4.35. The Labute approximate surface area is 185 Å². The van der Waals surface area contributed by atoms with Crippen LogP contribution in [0, 0.1) is 0 Å². The van der Waals surface area contributed by atoms with Crippen LogP contribution in [0.2, 0.25) is 0 Å². The molecule has 0 heterocycles. The second-order valence-corrected chi connectivity index (χ2v) is 11.0. The summed E-state index contributed by atoms with van der Waals surface area (Å²) in [6.07, 6.45) is 3.46. The molecule has 1 aliphatic rings. The molecule has 0 unspecified atom stereocenters. The third-order valence-electron chi connectivity index (χ3n) is 5.76. The van der Waals surface area contributed by atoms with Gasteiger partial charge in [-0.2, -0.15) is 0 Å². The van der Waals surface area contributed by atoms with E-state index in [2.05, 4.69) is 72.8 Å². The van der Waals surface area contributed by atoms with Crippen molar-refractivity contribution in [1.82, 2.24) is 0 Å². The van der Waals surface area contributed by atoms with Crippen molar-refractivity contribution in [1.29, 1.82) is 0 Å². The molecule has 1 aliphatic carbocycles. The van der Waals surface area contributed by atoms with Crippen molar-refractivity contribution in [3.05, 3.63) is 102 Å². The number of allylic oxidation sites excluding steroid dienone is 1. The first-order valence-electron chi connectivity index (χ1n) is 11.0. The summed E-state index contributed by atoms with van der Waals surface area (Å²) in [5, 5.41) is 3.48. The van der Waals surface area contributed by atoms with Crippen LogP contribution in [0.5, 0.6) is 0 Å². The molecule has 0 saturated carbocycles. The van der Waals surface area contributed by atoms with Gasteiger partial charge in [-0.05, 0) is 41.7 Å². The van der Waals surface area contributed by atoms with Crippen molar-refractivity contribution in [3.63, 3.8) is 0 Å². The summed E-state index contributed by atoms with van der Waals surface area (Å²) in [5.41, 5.74) is 0.702. The molecular weight excluding hydrogens is 400 g/mol. The normalized spacial score (nSPS) is 14.2. The van der Waals surface area contributed by atoms with E-state index in [9.17, 15) is 4.79 Å². The van der Waals surface area contributed by atoms with Crippen molar-refractivity contribution in [2.75, 3.05) is 6.61 Å². The van der Waals surface area contributed by atoms with E-state index in [0.29, 0.717) is 18.6 Å². The Bertz CT molecular complexity index is 933. The Hall–Kier alpha value is -3.11. The summed E-state index contributed by atoms with van der Waals surface area (Å²) in [4.78, 5) is 12.8. The van der Waals surface area contributed by atoms with Crippen LogP contribution in [0.3, 0.4) is 0 Å². The number of hydrogen-bond acceptors (Lipinski definition) is 3. The van der Waals surface area contributed by atoms with E-state index < -0.39 is 8.32 Å². The fourth-order valence-corrected chi connectivity index (χ4v) is 8.24. The molecule has 31 heavy (non-hydrogen) atoms. The molecule has 0 fully saturated rings. The largest absolute Gasteiger partial charge is 0.533 e. The van der Waals surface area contributed by atoms with Crippen molar-refractivity contribution in [2.24, 2.45) is 0 Å². The van der Waals surface area contributed by atoms with Crippen LogP contribution in [-0.4, -0.2) is 20.9 Å². The fraction of sp³-hybridized carbons (Fsp3) is 0.222. The first kappa shape index (κ1) is 21.1. The number of rotatable bonds is 7. The van der Waals surface area contributed by atoms with Crippen LogP contribution in [0.15, 0.2) is 102 Å². The molecule has 0 bridgehead atoms. The van der Waals surface area contributed by atoms with Gasteiger partial charge in [-0.15, -0.1) is 0 Å². The number of benzene rings is 3. The van der Waals surface area contributed by atoms with Gasteiger partial charge in [-0.1, -0.05) is 91.0 Å². The Balaban J connectivity index is 1.95. The molecule has 0 spiro atoms. The van der Waals surface area contributed by atoms with E-state index in [1.165, 1.54) is 0 Å². The molecule has 0 aromatic heterocycles. The average Bonchev–Trinajstić information content (AvgIpc) is 2.84. The van der Waals surface area contributed by atoms with Gasteiger partial charge >= 0.3 is 14.3 Å². The van der Waals surface area contributed by atoms with Gasteiger partial charge in [0.2, 0.25) is 0 Å². The highest BCUT2D eigenvalue weighted by Crippen LogP contribution is 2.29. The second kappa shape index (κ2) is 9.80. The lowest BCUT2D eigenvalue weighted by Gasteiger charge is -2.36. The van der Waals surface area contributed by atoms with Gasteiger partial charge in [0, 0.05) is 6.42 Å².